The predicted molar refractivity (Wildman–Crippen MR) is 91.8 cm³/mol. The van der Waals surface area contributed by atoms with E-state index in [2.05, 4.69) is 12.2 Å². The Morgan fingerprint density at radius 3 is 3.00 bits per heavy atom. The van der Waals surface area contributed by atoms with Gasteiger partial charge in [0.15, 0.2) is 0 Å². The molecule has 0 aromatic carbocycles. The van der Waals surface area contributed by atoms with Gasteiger partial charge in [-0.25, -0.2) is 4.79 Å². The van der Waals surface area contributed by atoms with Crippen molar-refractivity contribution in [1.29, 1.82) is 0 Å². The highest BCUT2D eigenvalue weighted by molar-refractivity contribution is 7.98. The lowest BCUT2D eigenvalue weighted by Gasteiger charge is -2.16. The van der Waals surface area contributed by atoms with E-state index in [0.29, 0.717) is 17.2 Å². The average molecular weight is 341 g/mol. The summed E-state index contributed by atoms with van der Waals surface area (Å²) in [6.07, 6.45) is 5.85. The summed E-state index contributed by atoms with van der Waals surface area (Å²) in [5, 5.41) is 2.82. The molecule has 2 rings (SSSR count). The third-order valence-electron chi connectivity index (χ3n) is 3.95. The molecule has 1 heterocycles. The molecule has 0 radical (unpaired) electrons. The van der Waals surface area contributed by atoms with Crippen molar-refractivity contribution < 1.29 is 14.3 Å². The van der Waals surface area contributed by atoms with Crippen LogP contribution in [-0.2, 0) is 22.4 Å². The third kappa shape index (κ3) is 4.26. The molecule has 0 aliphatic heterocycles. The third-order valence-corrected chi connectivity index (χ3v) is 5.83. The van der Waals surface area contributed by atoms with Gasteiger partial charge >= 0.3 is 5.97 Å². The minimum Gasteiger partial charge on any atom is -0.467 e. The molecule has 0 unspecified atom stereocenters. The Bertz CT molecular complexity index is 541. The van der Waals surface area contributed by atoms with Crippen LogP contribution in [0.15, 0.2) is 6.07 Å². The fourth-order valence-electron chi connectivity index (χ4n) is 2.67. The number of fused-ring (bicyclic) bond motifs is 1. The van der Waals surface area contributed by atoms with Crippen molar-refractivity contribution in [2.75, 3.05) is 19.1 Å². The van der Waals surface area contributed by atoms with Crippen molar-refractivity contribution in [1.82, 2.24) is 5.32 Å². The fourth-order valence-corrected chi connectivity index (χ4v) is 4.26. The zero-order chi connectivity index (χ0) is 16.1. The number of thioether (sulfide) groups is 1. The van der Waals surface area contributed by atoms with E-state index in [0.717, 1.165) is 18.6 Å². The molecule has 2 atom stereocenters. The highest BCUT2D eigenvalue weighted by Crippen LogP contribution is 2.32. The molecule has 1 N–H and O–H groups in total. The van der Waals surface area contributed by atoms with Crippen LogP contribution < -0.4 is 5.32 Å². The number of carbonyl (C=O) groups is 2. The van der Waals surface area contributed by atoms with Gasteiger partial charge in [0.05, 0.1) is 12.0 Å². The number of aryl methyl sites for hydroxylation is 1. The van der Waals surface area contributed by atoms with Crippen molar-refractivity contribution in [3.05, 3.63) is 21.4 Å². The molecule has 0 fully saturated rings. The van der Waals surface area contributed by atoms with E-state index in [9.17, 15) is 9.59 Å². The molecule has 1 aromatic heterocycles. The van der Waals surface area contributed by atoms with Gasteiger partial charge in [0.1, 0.15) is 6.04 Å². The number of hydrogen-bond acceptors (Lipinski definition) is 5. The summed E-state index contributed by atoms with van der Waals surface area (Å²) in [5.41, 5.74) is 1.30. The van der Waals surface area contributed by atoms with Crippen LogP contribution in [0.3, 0.4) is 0 Å². The first-order valence-corrected chi connectivity index (χ1v) is 9.75. The Labute approximate surface area is 140 Å². The van der Waals surface area contributed by atoms with Crippen LogP contribution in [0, 0.1) is 5.92 Å². The van der Waals surface area contributed by atoms with Gasteiger partial charge in [-0.15, -0.1) is 11.3 Å². The summed E-state index contributed by atoms with van der Waals surface area (Å²) >= 11 is 3.21. The van der Waals surface area contributed by atoms with E-state index in [1.54, 1.807) is 23.1 Å². The van der Waals surface area contributed by atoms with Gasteiger partial charge in [-0.3, -0.25) is 4.79 Å². The van der Waals surface area contributed by atoms with Crippen LogP contribution in [0.5, 0.6) is 0 Å². The Morgan fingerprint density at radius 2 is 2.32 bits per heavy atom. The number of amides is 1. The van der Waals surface area contributed by atoms with Crippen LogP contribution in [-0.4, -0.2) is 37.0 Å². The van der Waals surface area contributed by atoms with Gasteiger partial charge in [0.2, 0.25) is 0 Å². The first kappa shape index (κ1) is 17.3. The number of nitrogens with one attached hydrogen (secondary N) is 1. The standard InChI is InChI=1S/C16H23NO3S2/c1-10-4-5-13-11(8-10)9-14(22-13)15(18)17-12(6-7-21-3)16(19)20-2/h9-10,12H,4-8H2,1-3H3,(H,17,18)/t10-,12+/m0/s1. The summed E-state index contributed by atoms with van der Waals surface area (Å²) in [5.74, 6) is 0.946. The monoisotopic (exact) mass is 341 g/mol. The van der Waals surface area contributed by atoms with Gasteiger partial charge in [-0.05, 0) is 55.2 Å². The molecule has 0 saturated carbocycles. The first-order chi connectivity index (χ1) is 10.5. The van der Waals surface area contributed by atoms with Gasteiger partial charge in [-0.2, -0.15) is 11.8 Å². The lowest BCUT2D eigenvalue weighted by atomic mass is 9.90. The van der Waals surface area contributed by atoms with Gasteiger partial charge in [-0.1, -0.05) is 6.92 Å². The Morgan fingerprint density at radius 1 is 1.55 bits per heavy atom. The van der Waals surface area contributed by atoms with E-state index in [1.807, 2.05) is 12.3 Å². The van der Waals surface area contributed by atoms with Crippen LogP contribution in [0.2, 0.25) is 0 Å². The number of hydrogen-bond donors (Lipinski definition) is 1. The van der Waals surface area contributed by atoms with Gasteiger partial charge in [0, 0.05) is 4.88 Å². The maximum atomic E-state index is 12.4. The summed E-state index contributed by atoms with van der Waals surface area (Å²) in [6.45, 7) is 2.25. The predicted octanol–water partition coefficient (Wildman–Crippen LogP) is 2.90. The molecule has 1 amide bonds. The largest absolute Gasteiger partial charge is 0.467 e. The smallest absolute Gasteiger partial charge is 0.328 e. The Balaban J connectivity index is 2.05. The van der Waals surface area contributed by atoms with Crippen molar-refractivity contribution in [3.63, 3.8) is 0 Å². The van der Waals surface area contributed by atoms with Crippen molar-refractivity contribution in [2.24, 2.45) is 5.92 Å². The lowest BCUT2D eigenvalue weighted by molar-refractivity contribution is -0.142. The van der Waals surface area contributed by atoms with Crippen LogP contribution >= 0.6 is 23.1 Å². The Hall–Kier alpha value is -1.01. The fraction of sp³-hybridized carbons (Fsp3) is 0.625. The maximum Gasteiger partial charge on any atom is 0.328 e. The average Bonchev–Trinajstić information content (AvgIpc) is 2.93. The van der Waals surface area contributed by atoms with Crippen molar-refractivity contribution in [3.8, 4) is 0 Å². The van der Waals surface area contributed by atoms with Crippen molar-refractivity contribution in [2.45, 2.75) is 38.6 Å². The molecule has 122 valence electrons. The van der Waals surface area contributed by atoms with Gasteiger partial charge < -0.3 is 10.1 Å². The summed E-state index contributed by atoms with van der Waals surface area (Å²) in [4.78, 5) is 26.2. The molecule has 4 nitrogen and oxygen atoms in total. The van der Waals surface area contributed by atoms with Crippen LogP contribution in [0.1, 0.15) is 39.9 Å². The zero-order valence-corrected chi connectivity index (χ0v) is 14.9. The highest BCUT2D eigenvalue weighted by atomic mass is 32.2. The second-order valence-electron chi connectivity index (χ2n) is 5.74. The van der Waals surface area contributed by atoms with E-state index in [-0.39, 0.29) is 11.9 Å². The number of methoxy groups -OCH3 is 1. The normalized spacial score (nSPS) is 18.4. The molecule has 1 aliphatic rings. The maximum absolute atomic E-state index is 12.4. The van der Waals surface area contributed by atoms with Crippen LogP contribution in [0.25, 0.3) is 0 Å². The zero-order valence-electron chi connectivity index (χ0n) is 13.3. The first-order valence-electron chi connectivity index (χ1n) is 7.54. The SMILES string of the molecule is COC(=O)[C@@H](CCSC)NC(=O)c1cc2c(s1)CC[C@H](C)C2. The summed E-state index contributed by atoms with van der Waals surface area (Å²) in [7, 11) is 1.35. The molecule has 0 spiro atoms. The number of thiophene rings is 1. The molecule has 22 heavy (non-hydrogen) atoms. The second kappa shape index (κ2) is 8.02. The summed E-state index contributed by atoms with van der Waals surface area (Å²) < 4.78 is 4.78. The van der Waals surface area contributed by atoms with E-state index < -0.39 is 6.04 Å². The van der Waals surface area contributed by atoms with E-state index in [1.165, 1.54) is 24.0 Å². The minimum atomic E-state index is -0.567. The molecule has 1 aromatic rings. The molecular formula is C16H23NO3S2. The number of esters is 1. The molecule has 1 aliphatic carbocycles. The molecule has 0 saturated heterocycles. The highest BCUT2D eigenvalue weighted by Gasteiger charge is 2.25. The minimum absolute atomic E-state index is 0.163. The van der Waals surface area contributed by atoms with Crippen LogP contribution in [0.4, 0.5) is 0 Å². The molecule has 0 bridgehead atoms. The summed E-state index contributed by atoms with van der Waals surface area (Å²) in [6, 6.07) is 1.43. The lowest BCUT2D eigenvalue weighted by Crippen LogP contribution is -2.41. The molecular weight excluding hydrogens is 318 g/mol. The quantitative estimate of drug-likeness (QED) is 0.809. The van der Waals surface area contributed by atoms with Gasteiger partial charge in [0.25, 0.3) is 5.91 Å². The second-order valence-corrected chi connectivity index (χ2v) is 7.86. The number of rotatable bonds is 6. The topological polar surface area (TPSA) is 55.4 Å². The molecule has 6 heteroatoms. The number of ether oxygens (including phenoxy) is 1. The van der Waals surface area contributed by atoms with E-state index >= 15 is 0 Å². The van der Waals surface area contributed by atoms with E-state index in [4.69, 9.17) is 4.74 Å². The Kier molecular flexibility index (Phi) is 6.32. The number of carbonyl (C=O) groups excluding carboxylic acids is 2. The van der Waals surface area contributed by atoms with Crippen molar-refractivity contribution >= 4 is 35.0 Å².